The Kier molecular flexibility index (Phi) is 5.25. The van der Waals surface area contributed by atoms with Crippen LogP contribution in [0.5, 0.6) is 0 Å². The van der Waals surface area contributed by atoms with Crippen LogP contribution < -0.4 is 10.6 Å². The predicted molar refractivity (Wildman–Crippen MR) is 109 cm³/mol. The van der Waals surface area contributed by atoms with Crippen molar-refractivity contribution in [3.05, 3.63) is 61.7 Å². The van der Waals surface area contributed by atoms with Crippen LogP contribution in [0.1, 0.15) is 32.6 Å². The van der Waals surface area contributed by atoms with Crippen LogP contribution in [-0.4, -0.2) is 30.6 Å². The maximum Gasteiger partial charge on any atom is 0.416 e. The molecule has 0 radical (unpaired) electrons. The van der Waals surface area contributed by atoms with Crippen LogP contribution in [0.2, 0.25) is 0 Å². The molecule has 0 bridgehead atoms. The van der Waals surface area contributed by atoms with Crippen molar-refractivity contribution in [3.8, 4) is 0 Å². The molecule has 0 unspecified atom stereocenters. The zero-order valence-corrected chi connectivity index (χ0v) is 17.4. The molecule has 2 N–H and O–H groups in total. The topological polar surface area (TPSA) is 65.7 Å². The number of nitrogens with zero attached hydrogens (tertiary/aromatic N) is 2. The average molecular weight is 516 g/mol. The van der Waals surface area contributed by atoms with Gasteiger partial charge < -0.3 is 10.6 Å². The summed E-state index contributed by atoms with van der Waals surface area (Å²) in [6, 6.07) is 6.87. The van der Waals surface area contributed by atoms with Gasteiger partial charge in [-0.15, -0.1) is 10.3 Å². The number of carbonyl (C=O) groups is 1. The number of fused-ring (bicyclic) bond motifs is 1. The molecule has 2 aromatic carbocycles. The highest BCUT2D eigenvalue weighted by Crippen LogP contribution is 2.33. The van der Waals surface area contributed by atoms with E-state index < -0.39 is 17.6 Å². The van der Waals surface area contributed by atoms with Crippen LogP contribution in [0.4, 0.5) is 18.9 Å². The second-order valence-corrected chi connectivity index (χ2v) is 7.85. The van der Waals surface area contributed by atoms with Gasteiger partial charge in [-0.1, -0.05) is 0 Å². The summed E-state index contributed by atoms with van der Waals surface area (Å²) in [5.74, 6) is -0.320. The molecule has 0 aliphatic carbocycles. The van der Waals surface area contributed by atoms with E-state index in [0.29, 0.717) is 18.1 Å². The molecule has 2 heterocycles. The zero-order valence-electron chi connectivity index (χ0n) is 15.2. The number of hydrogen-bond acceptors (Lipinski definition) is 5. The lowest BCUT2D eigenvalue weighted by Gasteiger charge is -2.21. The predicted octanol–water partition coefficient (Wildman–Crippen LogP) is 3.75. The van der Waals surface area contributed by atoms with Crippen LogP contribution in [0.15, 0.2) is 35.4 Å². The Labute approximate surface area is 178 Å². The van der Waals surface area contributed by atoms with Crippen molar-refractivity contribution in [3.63, 3.8) is 0 Å². The summed E-state index contributed by atoms with van der Waals surface area (Å²) in [6.45, 7) is 1.45. The third kappa shape index (κ3) is 4.09. The fourth-order valence-corrected chi connectivity index (χ4v) is 4.02. The first kappa shape index (κ1) is 20.1. The fourth-order valence-electron chi connectivity index (χ4n) is 3.34. The lowest BCUT2D eigenvalue weighted by Crippen LogP contribution is -2.26. The molecule has 0 aromatic heterocycles. The number of rotatable bonds is 4. The molecular weight excluding hydrogens is 500 g/mol. The number of halogens is 4. The number of nitrogens with one attached hydrogen (secondary N) is 2. The molecule has 0 saturated heterocycles. The molecule has 2 aliphatic rings. The smallest absolute Gasteiger partial charge is 0.322 e. The summed E-state index contributed by atoms with van der Waals surface area (Å²) in [7, 11) is 1.38. The highest BCUT2D eigenvalue weighted by atomic mass is 127. The van der Waals surface area contributed by atoms with Crippen LogP contribution in [0.3, 0.4) is 0 Å². The Hall–Kier alpha value is -2.18. The first-order chi connectivity index (χ1) is 13.8. The van der Waals surface area contributed by atoms with Crippen molar-refractivity contribution in [1.29, 1.82) is 0 Å². The summed E-state index contributed by atoms with van der Waals surface area (Å²) in [6.07, 6.45) is -3.84. The van der Waals surface area contributed by atoms with Gasteiger partial charge in [-0.05, 0) is 77.0 Å². The first-order valence-electron chi connectivity index (χ1n) is 8.76. The fraction of sp³-hybridized carbons (Fsp3) is 0.263. The summed E-state index contributed by atoms with van der Waals surface area (Å²) < 4.78 is 40.6. The highest BCUT2D eigenvalue weighted by Gasteiger charge is 2.35. The van der Waals surface area contributed by atoms with E-state index >= 15 is 0 Å². The second-order valence-electron chi connectivity index (χ2n) is 6.61. The number of carbonyl (C=O) groups excluding carboxylic acids is 1. The Morgan fingerprint density at radius 2 is 2.10 bits per heavy atom. The van der Waals surface area contributed by atoms with Gasteiger partial charge in [-0.3, -0.25) is 9.63 Å². The highest BCUT2D eigenvalue weighted by molar-refractivity contribution is 14.1. The lowest BCUT2D eigenvalue weighted by atomic mass is 9.98. The van der Waals surface area contributed by atoms with Gasteiger partial charge in [0.25, 0.3) is 5.91 Å². The Morgan fingerprint density at radius 1 is 1.31 bits per heavy atom. The summed E-state index contributed by atoms with van der Waals surface area (Å²) in [5, 5.41) is 11.2. The van der Waals surface area contributed by atoms with E-state index in [1.165, 1.54) is 13.2 Å². The number of anilines is 1. The SMILES string of the molecule is CON1N=C1c1ccc(C(F)(F)F)cc1C(=O)Nc1cc(I)cc2c1CCNC2. The third-order valence-corrected chi connectivity index (χ3v) is 5.38. The molecule has 0 fully saturated rings. The molecule has 29 heavy (non-hydrogen) atoms. The number of alkyl halides is 3. The van der Waals surface area contributed by atoms with E-state index in [2.05, 4.69) is 38.3 Å². The molecule has 4 rings (SSSR count). The zero-order chi connectivity index (χ0) is 20.8. The second kappa shape index (κ2) is 7.58. The average Bonchev–Trinajstić information content (AvgIpc) is 3.46. The van der Waals surface area contributed by atoms with Crippen LogP contribution in [0, 0.1) is 3.57 Å². The van der Waals surface area contributed by atoms with Crippen molar-refractivity contribution in [1.82, 2.24) is 10.5 Å². The van der Waals surface area contributed by atoms with Crippen LogP contribution >= 0.6 is 22.6 Å². The van der Waals surface area contributed by atoms with Gasteiger partial charge in [-0.25, -0.2) is 0 Å². The molecule has 0 atom stereocenters. The normalized spacial score (nSPS) is 15.6. The maximum atomic E-state index is 13.2. The molecule has 2 aliphatic heterocycles. The van der Waals surface area contributed by atoms with Gasteiger partial charge >= 0.3 is 6.18 Å². The lowest BCUT2D eigenvalue weighted by molar-refractivity contribution is -0.137. The number of amides is 1. The number of hydrazone groups is 1. The molecular formula is C19H16F3IN4O2. The number of hydrogen-bond donors (Lipinski definition) is 2. The van der Waals surface area contributed by atoms with E-state index in [1.807, 2.05) is 12.1 Å². The largest absolute Gasteiger partial charge is 0.416 e. The van der Waals surface area contributed by atoms with Crippen molar-refractivity contribution < 1.29 is 22.8 Å². The quantitative estimate of drug-likeness (QED) is 0.608. The van der Waals surface area contributed by atoms with E-state index in [-0.39, 0.29) is 11.1 Å². The van der Waals surface area contributed by atoms with Gasteiger partial charge in [0.1, 0.15) is 0 Å². The van der Waals surface area contributed by atoms with Gasteiger partial charge in [0, 0.05) is 21.4 Å². The van der Waals surface area contributed by atoms with E-state index in [4.69, 9.17) is 4.84 Å². The van der Waals surface area contributed by atoms with Crippen molar-refractivity contribution in [2.24, 2.45) is 5.10 Å². The monoisotopic (exact) mass is 516 g/mol. The van der Waals surface area contributed by atoms with Crippen LogP contribution in [-0.2, 0) is 24.0 Å². The molecule has 2 aromatic rings. The summed E-state index contributed by atoms with van der Waals surface area (Å²) in [5.41, 5.74) is 1.94. The Morgan fingerprint density at radius 3 is 2.79 bits per heavy atom. The van der Waals surface area contributed by atoms with Crippen molar-refractivity contribution in [2.75, 3.05) is 19.0 Å². The standard InChI is InChI=1S/C19H16F3IN4O2/c1-29-27-17(26-27)14-3-2-11(19(20,21)22)7-15(14)18(28)25-16-8-12(23)6-10-9-24-5-4-13(10)16/h2-3,6-8,24H,4-5,9H2,1H3,(H,25,28). The minimum atomic E-state index is -4.56. The van der Waals surface area contributed by atoms with Crippen molar-refractivity contribution >= 4 is 40.0 Å². The summed E-state index contributed by atoms with van der Waals surface area (Å²) >= 11 is 2.15. The molecule has 10 heteroatoms. The van der Waals surface area contributed by atoms with Gasteiger partial charge in [0.15, 0.2) is 0 Å². The Balaban J connectivity index is 1.71. The molecule has 152 valence electrons. The summed E-state index contributed by atoms with van der Waals surface area (Å²) in [4.78, 5) is 18.0. The minimum absolute atomic E-state index is 0.111. The molecule has 1 amide bonds. The van der Waals surface area contributed by atoms with Crippen LogP contribution in [0.25, 0.3) is 0 Å². The Bertz CT molecular complexity index is 1020. The molecule has 6 nitrogen and oxygen atoms in total. The third-order valence-electron chi connectivity index (χ3n) is 4.76. The number of amidine groups is 1. The van der Waals surface area contributed by atoms with Gasteiger partial charge in [-0.2, -0.15) is 13.2 Å². The van der Waals surface area contributed by atoms with Gasteiger partial charge in [0.05, 0.1) is 18.2 Å². The van der Waals surface area contributed by atoms with E-state index in [1.54, 1.807) is 0 Å². The van der Waals surface area contributed by atoms with Gasteiger partial charge in [0.2, 0.25) is 5.84 Å². The van der Waals surface area contributed by atoms with Crippen molar-refractivity contribution in [2.45, 2.75) is 19.1 Å². The first-order valence-corrected chi connectivity index (χ1v) is 9.83. The maximum absolute atomic E-state index is 13.2. The molecule has 0 saturated carbocycles. The van der Waals surface area contributed by atoms with E-state index in [9.17, 15) is 18.0 Å². The number of benzene rings is 2. The van der Waals surface area contributed by atoms with E-state index in [0.717, 1.165) is 45.0 Å². The molecule has 0 spiro atoms. The minimum Gasteiger partial charge on any atom is -0.322 e. The number of hydroxylamine groups is 1.